The molecule has 0 radical (unpaired) electrons. The third kappa shape index (κ3) is 4.37. The Morgan fingerprint density at radius 1 is 1.00 bits per heavy atom. The standard InChI is InChI=1S/C27H25N3O4S/c1-33-23-14-13-19(16-24(23)34-2)30-26(32)20-10-4-5-11-21(20)28-27(30)35-17-25(31)29-15-7-9-18-8-3-6-12-22(18)29/h3-6,8,10-14,16H,7,9,15,17H2,1-2H3. The van der Waals surface area contributed by atoms with Crippen molar-refractivity contribution in [3.63, 3.8) is 0 Å². The molecule has 1 aliphatic rings. The van der Waals surface area contributed by atoms with E-state index in [4.69, 9.17) is 14.5 Å². The summed E-state index contributed by atoms with van der Waals surface area (Å²) in [5.41, 5.74) is 3.12. The first-order chi connectivity index (χ1) is 17.1. The van der Waals surface area contributed by atoms with Gasteiger partial charge in [0.2, 0.25) is 5.91 Å². The number of carbonyl (C=O) groups excluding carboxylic acids is 1. The van der Waals surface area contributed by atoms with Crippen LogP contribution in [-0.4, -0.2) is 42.0 Å². The Bertz CT molecular complexity index is 1470. The average Bonchev–Trinajstić information content (AvgIpc) is 2.91. The zero-order valence-electron chi connectivity index (χ0n) is 19.6. The molecule has 7 nitrogen and oxygen atoms in total. The number of hydrogen-bond acceptors (Lipinski definition) is 6. The molecule has 0 N–H and O–H groups in total. The fourth-order valence-corrected chi connectivity index (χ4v) is 5.29. The lowest BCUT2D eigenvalue weighted by atomic mass is 10.0. The van der Waals surface area contributed by atoms with E-state index in [9.17, 15) is 9.59 Å². The predicted molar refractivity (Wildman–Crippen MR) is 138 cm³/mol. The molecule has 0 atom stereocenters. The third-order valence-corrected chi connectivity index (χ3v) is 7.03. The van der Waals surface area contributed by atoms with Crippen LogP contribution in [0.3, 0.4) is 0 Å². The van der Waals surface area contributed by atoms with Gasteiger partial charge in [-0.15, -0.1) is 0 Å². The van der Waals surface area contributed by atoms with Gasteiger partial charge in [-0.05, 0) is 48.7 Å². The molecular formula is C27H25N3O4S. The summed E-state index contributed by atoms with van der Waals surface area (Å²) in [6, 6.07) is 20.5. The molecule has 0 fully saturated rings. The van der Waals surface area contributed by atoms with Crippen molar-refractivity contribution in [3.8, 4) is 17.2 Å². The Balaban J connectivity index is 1.53. The molecular weight excluding hydrogens is 462 g/mol. The lowest BCUT2D eigenvalue weighted by Gasteiger charge is -2.29. The van der Waals surface area contributed by atoms with Gasteiger partial charge in [0.05, 0.1) is 36.6 Å². The van der Waals surface area contributed by atoms with Crippen LogP contribution in [-0.2, 0) is 11.2 Å². The van der Waals surface area contributed by atoms with Crippen molar-refractivity contribution >= 4 is 34.3 Å². The summed E-state index contributed by atoms with van der Waals surface area (Å²) in [7, 11) is 3.11. The van der Waals surface area contributed by atoms with E-state index in [1.165, 1.54) is 21.9 Å². The molecule has 0 saturated heterocycles. The molecule has 178 valence electrons. The number of rotatable bonds is 6. The molecule has 0 spiro atoms. The molecule has 0 bridgehead atoms. The molecule has 0 unspecified atom stereocenters. The third-order valence-electron chi connectivity index (χ3n) is 6.11. The quantitative estimate of drug-likeness (QED) is 0.295. The number of anilines is 1. The maximum absolute atomic E-state index is 13.6. The number of nitrogens with zero attached hydrogens (tertiary/aromatic N) is 3. The maximum Gasteiger partial charge on any atom is 0.266 e. The number of methoxy groups -OCH3 is 2. The summed E-state index contributed by atoms with van der Waals surface area (Å²) in [5, 5.41) is 0.947. The summed E-state index contributed by atoms with van der Waals surface area (Å²) in [5.74, 6) is 1.21. The summed E-state index contributed by atoms with van der Waals surface area (Å²) < 4.78 is 12.3. The number of thioether (sulfide) groups is 1. The van der Waals surface area contributed by atoms with E-state index in [1.807, 2.05) is 41.3 Å². The Morgan fingerprint density at radius 3 is 2.60 bits per heavy atom. The highest BCUT2D eigenvalue weighted by atomic mass is 32.2. The van der Waals surface area contributed by atoms with Crippen LogP contribution in [0.1, 0.15) is 12.0 Å². The largest absolute Gasteiger partial charge is 0.493 e. The molecule has 0 aliphatic carbocycles. The minimum atomic E-state index is -0.207. The van der Waals surface area contributed by atoms with Gasteiger partial charge < -0.3 is 14.4 Å². The minimum absolute atomic E-state index is 0.0107. The van der Waals surface area contributed by atoms with Gasteiger partial charge in [-0.3, -0.25) is 14.2 Å². The predicted octanol–water partition coefficient (Wildman–Crippen LogP) is 4.47. The van der Waals surface area contributed by atoms with Gasteiger partial charge in [0.25, 0.3) is 5.56 Å². The second kappa shape index (κ2) is 9.84. The monoisotopic (exact) mass is 487 g/mol. The molecule has 4 aromatic rings. The van der Waals surface area contributed by atoms with Gasteiger partial charge >= 0.3 is 0 Å². The Hall–Kier alpha value is -3.78. The first kappa shape index (κ1) is 23.0. The lowest BCUT2D eigenvalue weighted by molar-refractivity contribution is -0.116. The van der Waals surface area contributed by atoms with E-state index < -0.39 is 0 Å². The number of aryl methyl sites for hydroxylation is 1. The van der Waals surface area contributed by atoms with Gasteiger partial charge in [-0.25, -0.2) is 4.98 Å². The molecule has 2 heterocycles. The van der Waals surface area contributed by atoms with E-state index in [2.05, 4.69) is 6.07 Å². The minimum Gasteiger partial charge on any atom is -0.493 e. The van der Waals surface area contributed by atoms with Crippen molar-refractivity contribution in [2.24, 2.45) is 0 Å². The van der Waals surface area contributed by atoms with Crippen molar-refractivity contribution in [1.82, 2.24) is 9.55 Å². The van der Waals surface area contributed by atoms with Crippen LogP contribution < -0.4 is 19.9 Å². The highest BCUT2D eigenvalue weighted by Gasteiger charge is 2.23. The SMILES string of the molecule is COc1ccc(-n2c(SCC(=O)N3CCCc4ccccc43)nc3ccccc3c2=O)cc1OC. The highest BCUT2D eigenvalue weighted by molar-refractivity contribution is 7.99. The number of aromatic nitrogens is 2. The van der Waals surface area contributed by atoms with Crippen LogP contribution >= 0.6 is 11.8 Å². The molecule has 1 aromatic heterocycles. The van der Waals surface area contributed by atoms with Gasteiger partial charge in [0, 0.05) is 18.3 Å². The van der Waals surface area contributed by atoms with Crippen molar-refractivity contribution in [2.45, 2.75) is 18.0 Å². The number of ether oxygens (including phenoxy) is 2. The second-order valence-electron chi connectivity index (χ2n) is 8.16. The molecule has 0 saturated carbocycles. The highest BCUT2D eigenvalue weighted by Crippen LogP contribution is 2.32. The van der Waals surface area contributed by atoms with E-state index in [0.717, 1.165) is 18.5 Å². The number of benzene rings is 3. The van der Waals surface area contributed by atoms with Crippen LogP contribution in [0.2, 0.25) is 0 Å². The summed E-state index contributed by atoms with van der Waals surface area (Å²) >= 11 is 1.26. The molecule has 1 amide bonds. The zero-order chi connectivity index (χ0) is 24.4. The van der Waals surface area contributed by atoms with Crippen molar-refractivity contribution in [3.05, 3.63) is 82.6 Å². The Morgan fingerprint density at radius 2 is 1.77 bits per heavy atom. The summed E-state index contributed by atoms with van der Waals surface area (Å²) in [6.45, 7) is 0.685. The molecule has 3 aromatic carbocycles. The van der Waals surface area contributed by atoms with E-state index in [0.29, 0.717) is 39.8 Å². The molecule has 5 rings (SSSR count). The fraction of sp³-hybridized carbons (Fsp3) is 0.222. The molecule has 8 heteroatoms. The van der Waals surface area contributed by atoms with Crippen LogP contribution in [0.25, 0.3) is 16.6 Å². The normalized spacial score (nSPS) is 12.9. The van der Waals surface area contributed by atoms with Crippen molar-refractivity contribution in [2.75, 3.05) is 31.4 Å². The number of para-hydroxylation sites is 2. The van der Waals surface area contributed by atoms with Gasteiger partial charge in [-0.1, -0.05) is 42.1 Å². The van der Waals surface area contributed by atoms with Gasteiger partial charge in [0.1, 0.15) is 0 Å². The van der Waals surface area contributed by atoms with Gasteiger partial charge in [-0.2, -0.15) is 0 Å². The van der Waals surface area contributed by atoms with Crippen molar-refractivity contribution in [1.29, 1.82) is 0 Å². The Labute approximate surface area is 207 Å². The number of carbonyl (C=O) groups is 1. The Kier molecular flexibility index (Phi) is 6.46. The van der Waals surface area contributed by atoms with E-state index >= 15 is 0 Å². The first-order valence-corrected chi connectivity index (χ1v) is 12.3. The van der Waals surface area contributed by atoms with Crippen LogP contribution in [0.15, 0.2) is 76.7 Å². The van der Waals surface area contributed by atoms with Crippen LogP contribution in [0.5, 0.6) is 11.5 Å². The average molecular weight is 488 g/mol. The van der Waals surface area contributed by atoms with Gasteiger partial charge in [0.15, 0.2) is 16.7 Å². The summed E-state index contributed by atoms with van der Waals surface area (Å²) in [6.07, 6.45) is 1.90. The zero-order valence-corrected chi connectivity index (χ0v) is 20.4. The topological polar surface area (TPSA) is 73.7 Å². The fourth-order valence-electron chi connectivity index (χ4n) is 4.40. The lowest BCUT2D eigenvalue weighted by Crippen LogP contribution is -2.36. The number of fused-ring (bicyclic) bond motifs is 2. The second-order valence-corrected chi connectivity index (χ2v) is 9.10. The van der Waals surface area contributed by atoms with E-state index in [1.54, 1.807) is 38.5 Å². The maximum atomic E-state index is 13.6. The first-order valence-electron chi connectivity index (χ1n) is 11.4. The summed E-state index contributed by atoms with van der Waals surface area (Å²) in [4.78, 5) is 33.4. The smallest absolute Gasteiger partial charge is 0.266 e. The van der Waals surface area contributed by atoms with E-state index in [-0.39, 0.29) is 17.2 Å². The van der Waals surface area contributed by atoms with Crippen molar-refractivity contribution < 1.29 is 14.3 Å². The number of amides is 1. The molecule has 35 heavy (non-hydrogen) atoms. The molecule has 1 aliphatic heterocycles. The van der Waals surface area contributed by atoms with Crippen LogP contribution in [0.4, 0.5) is 5.69 Å². The number of hydrogen-bond donors (Lipinski definition) is 0. The van der Waals surface area contributed by atoms with Crippen LogP contribution in [0, 0.1) is 0 Å².